The number of para-hydroxylation sites is 1. The highest BCUT2D eigenvalue weighted by molar-refractivity contribution is 6.15. The van der Waals surface area contributed by atoms with Crippen LogP contribution in [0.4, 0.5) is 0 Å². The number of benzene rings is 2. The molecule has 0 heterocycles. The highest BCUT2D eigenvalue weighted by Gasteiger charge is 2.29. The van der Waals surface area contributed by atoms with Crippen molar-refractivity contribution in [2.75, 3.05) is 0 Å². The fraction of sp³-hybridized carbons (Fsp3) is 0.211. The Hall–Kier alpha value is -2.99. The molecule has 0 unspecified atom stereocenters. The van der Waals surface area contributed by atoms with E-state index in [1.165, 1.54) is 24.3 Å². The summed E-state index contributed by atoms with van der Waals surface area (Å²) in [6, 6.07) is 12.3. The highest BCUT2D eigenvalue weighted by atomic mass is 17.1. The number of carbonyl (C=O) groups excluding carboxylic acids is 3. The summed E-state index contributed by atoms with van der Waals surface area (Å²) in [6.45, 7) is 0. The molecule has 0 aliphatic heterocycles. The molecular weight excluding hydrogens is 324 g/mol. The first kappa shape index (κ1) is 16.9. The lowest BCUT2D eigenvalue weighted by atomic mass is 9.86. The third-order valence-corrected chi connectivity index (χ3v) is 4.26. The van der Waals surface area contributed by atoms with Gasteiger partial charge in [0.05, 0.1) is 17.0 Å². The van der Waals surface area contributed by atoms with Crippen LogP contribution in [0.5, 0.6) is 5.75 Å². The van der Waals surface area contributed by atoms with E-state index < -0.39 is 11.8 Å². The van der Waals surface area contributed by atoms with E-state index in [1.807, 2.05) is 0 Å². The van der Waals surface area contributed by atoms with Crippen LogP contribution in [0.1, 0.15) is 45.5 Å². The molecule has 6 heteroatoms. The Balaban J connectivity index is 1.93. The molecule has 0 aromatic heterocycles. The first-order chi connectivity index (χ1) is 12.1. The van der Waals surface area contributed by atoms with Gasteiger partial charge in [-0.05, 0) is 31.0 Å². The van der Waals surface area contributed by atoms with Crippen LogP contribution >= 0.6 is 0 Å². The molecule has 6 nitrogen and oxygen atoms in total. The number of ketones is 1. The van der Waals surface area contributed by atoms with Crippen molar-refractivity contribution in [2.45, 2.75) is 19.3 Å². The predicted molar refractivity (Wildman–Crippen MR) is 87.3 cm³/mol. The Morgan fingerprint density at radius 3 is 2.08 bits per heavy atom. The number of hydrogen-bond acceptors (Lipinski definition) is 6. The molecule has 128 valence electrons. The van der Waals surface area contributed by atoms with Crippen molar-refractivity contribution in [2.24, 2.45) is 5.92 Å². The van der Waals surface area contributed by atoms with Crippen molar-refractivity contribution >= 4 is 17.7 Å². The van der Waals surface area contributed by atoms with Crippen LogP contribution in [0.3, 0.4) is 0 Å². The third kappa shape index (κ3) is 3.44. The van der Waals surface area contributed by atoms with Crippen LogP contribution in [0.25, 0.3) is 0 Å². The molecule has 25 heavy (non-hydrogen) atoms. The van der Waals surface area contributed by atoms with E-state index in [4.69, 9.17) is 9.99 Å². The van der Waals surface area contributed by atoms with Gasteiger partial charge >= 0.3 is 11.9 Å². The van der Waals surface area contributed by atoms with Gasteiger partial charge in [-0.15, -0.1) is 0 Å². The molecule has 3 rings (SSSR count). The van der Waals surface area contributed by atoms with Gasteiger partial charge in [0.25, 0.3) is 0 Å². The molecule has 1 fully saturated rings. The van der Waals surface area contributed by atoms with Gasteiger partial charge < -0.3 is 4.74 Å². The van der Waals surface area contributed by atoms with Crippen molar-refractivity contribution in [3.63, 3.8) is 0 Å². The van der Waals surface area contributed by atoms with Gasteiger partial charge in [-0.25, -0.2) is 4.79 Å². The standard InChI is InChI=1S/C19H16O6/c20-17(13-8-1-2-9-14(13)19(22)25-23)15-10-3-4-11-16(15)24-18(21)12-6-5-7-12/h1-4,8-12,23H,5-7H2. The van der Waals surface area contributed by atoms with E-state index in [0.717, 1.165) is 19.3 Å². The SMILES string of the molecule is O=C(OO)c1ccccc1C(=O)c1ccccc1OC(=O)C1CCC1. The maximum absolute atomic E-state index is 12.9. The van der Waals surface area contributed by atoms with Crippen molar-refractivity contribution in [1.29, 1.82) is 0 Å². The van der Waals surface area contributed by atoms with Crippen molar-refractivity contribution in [1.82, 2.24) is 0 Å². The van der Waals surface area contributed by atoms with E-state index in [0.29, 0.717) is 0 Å². The van der Waals surface area contributed by atoms with Crippen LogP contribution in [-0.2, 0) is 9.68 Å². The second-order valence-corrected chi connectivity index (χ2v) is 5.80. The Labute approximate surface area is 143 Å². The lowest BCUT2D eigenvalue weighted by molar-refractivity contribution is -0.182. The number of hydrogen-bond donors (Lipinski definition) is 1. The molecule has 2 aromatic rings. The summed E-state index contributed by atoms with van der Waals surface area (Å²) < 4.78 is 5.39. The Morgan fingerprint density at radius 2 is 1.48 bits per heavy atom. The van der Waals surface area contributed by atoms with E-state index in [9.17, 15) is 14.4 Å². The van der Waals surface area contributed by atoms with Gasteiger partial charge in [0.15, 0.2) is 5.78 Å². The van der Waals surface area contributed by atoms with Gasteiger partial charge in [-0.1, -0.05) is 36.8 Å². The van der Waals surface area contributed by atoms with Crippen LogP contribution < -0.4 is 4.74 Å². The van der Waals surface area contributed by atoms with E-state index in [1.54, 1.807) is 24.3 Å². The fourth-order valence-corrected chi connectivity index (χ4v) is 2.63. The first-order valence-electron chi connectivity index (χ1n) is 7.92. The van der Waals surface area contributed by atoms with E-state index in [2.05, 4.69) is 4.89 Å². The fourth-order valence-electron chi connectivity index (χ4n) is 2.63. The van der Waals surface area contributed by atoms with Crippen LogP contribution in [-0.4, -0.2) is 23.0 Å². The zero-order chi connectivity index (χ0) is 17.8. The summed E-state index contributed by atoms with van der Waals surface area (Å²) in [5.74, 6) is -1.86. The van der Waals surface area contributed by atoms with Crippen LogP contribution in [0.15, 0.2) is 48.5 Å². The molecule has 0 saturated heterocycles. The Morgan fingerprint density at radius 1 is 0.880 bits per heavy atom. The highest BCUT2D eigenvalue weighted by Crippen LogP contribution is 2.30. The minimum absolute atomic E-state index is 0.0497. The smallest absolute Gasteiger partial charge is 0.373 e. The molecule has 1 N–H and O–H groups in total. The molecule has 2 aromatic carbocycles. The second-order valence-electron chi connectivity index (χ2n) is 5.80. The maximum atomic E-state index is 12.9. The average molecular weight is 340 g/mol. The zero-order valence-electron chi connectivity index (χ0n) is 13.3. The summed E-state index contributed by atoms with van der Waals surface area (Å²) in [7, 11) is 0. The zero-order valence-corrected chi connectivity index (χ0v) is 13.3. The third-order valence-electron chi connectivity index (χ3n) is 4.26. The summed E-state index contributed by atoms with van der Waals surface area (Å²) in [5.41, 5.74) is 0.136. The predicted octanol–water partition coefficient (Wildman–Crippen LogP) is 3.25. The number of ether oxygens (including phenoxy) is 1. The minimum atomic E-state index is -1.03. The lowest BCUT2D eigenvalue weighted by Crippen LogP contribution is -2.27. The number of esters is 1. The summed E-state index contributed by atoms with van der Waals surface area (Å²) in [5, 5.41) is 8.60. The Kier molecular flexibility index (Phi) is 4.90. The minimum Gasteiger partial charge on any atom is -0.426 e. The molecule has 1 aliphatic carbocycles. The molecule has 0 amide bonds. The molecule has 1 saturated carbocycles. The van der Waals surface area contributed by atoms with Gasteiger partial charge in [-0.3, -0.25) is 14.5 Å². The van der Waals surface area contributed by atoms with Crippen LogP contribution in [0.2, 0.25) is 0 Å². The maximum Gasteiger partial charge on any atom is 0.373 e. The summed E-state index contributed by atoms with van der Waals surface area (Å²) in [6.07, 6.45) is 2.58. The number of rotatable bonds is 5. The molecule has 0 radical (unpaired) electrons. The van der Waals surface area contributed by atoms with E-state index >= 15 is 0 Å². The normalized spacial score (nSPS) is 13.6. The molecule has 0 spiro atoms. The number of carbonyl (C=O) groups is 3. The molecule has 0 atom stereocenters. The lowest BCUT2D eigenvalue weighted by Gasteiger charge is -2.23. The van der Waals surface area contributed by atoms with Crippen molar-refractivity contribution in [3.05, 3.63) is 65.2 Å². The largest absolute Gasteiger partial charge is 0.426 e. The second kappa shape index (κ2) is 7.27. The van der Waals surface area contributed by atoms with E-state index in [-0.39, 0.29) is 34.3 Å². The monoisotopic (exact) mass is 340 g/mol. The van der Waals surface area contributed by atoms with Crippen molar-refractivity contribution < 1.29 is 29.3 Å². The first-order valence-corrected chi connectivity index (χ1v) is 7.92. The van der Waals surface area contributed by atoms with Gasteiger partial charge in [-0.2, -0.15) is 5.26 Å². The molecule has 0 bridgehead atoms. The van der Waals surface area contributed by atoms with Gasteiger partial charge in [0.2, 0.25) is 0 Å². The molecular formula is C19H16O6. The van der Waals surface area contributed by atoms with Crippen LogP contribution in [0, 0.1) is 5.92 Å². The summed E-state index contributed by atoms with van der Waals surface area (Å²) >= 11 is 0. The topological polar surface area (TPSA) is 89.9 Å². The summed E-state index contributed by atoms with van der Waals surface area (Å²) in [4.78, 5) is 40.3. The average Bonchev–Trinajstić information content (AvgIpc) is 2.59. The molecule has 1 aliphatic rings. The van der Waals surface area contributed by atoms with Gasteiger partial charge in [0, 0.05) is 5.56 Å². The Bertz CT molecular complexity index is 822. The van der Waals surface area contributed by atoms with Crippen molar-refractivity contribution in [3.8, 4) is 5.75 Å². The quantitative estimate of drug-likeness (QED) is 0.295. The van der Waals surface area contributed by atoms with Gasteiger partial charge in [0.1, 0.15) is 5.75 Å².